The van der Waals surface area contributed by atoms with Crippen LogP contribution >= 0.6 is 0 Å². The molecule has 0 atom stereocenters. The predicted molar refractivity (Wildman–Crippen MR) is 101 cm³/mol. The van der Waals surface area contributed by atoms with Gasteiger partial charge in [-0.15, -0.1) is 5.10 Å². The summed E-state index contributed by atoms with van der Waals surface area (Å²) >= 11 is 0. The molecule has 8 nitrogen and oxygen atoms in total. The molecule has 8 heteroatoms. The van der Waals surface area contributed by atoms with Crippen molar-refractivity contribution in [2.24, 2.45) is 0 Å². The summed E-state index contributed by atoms with van der Waals surface area (Å²) in [7, 11) is 0. The van der Waals surface area contributed by atoms with Gasteiger partial charge in [0.1, 0.15) is 5.75 Å². The number of furan rings is 1. The Labute approximate surface area is 160 Å². The minimum atomic E-state index is -0.415. The lowest BCUT2D eigenvalue weighted by Crippen LogP contribution is -2.20. The number of anilines is 1. The van der Waals surface area contributed by atoms with Crippen LogP contribution < -0.4 is 14.8 Å². The molecule has 2 aromatic carbocycles. The first kappa shape index (κ1) is 17.6. The van der Waals surface area contributed by atoms with Gasteiger partial charge in [-0.2, -0.15) is 0 Å². The molecule has 2 heterocycles. The van der Waals surface area contributed by atoms with Crippen molar-refractivity contribution in [3.05, 3.63) is 54.6 Å². The lowest BCUT2D eigenvalue weighted by atomic mass is 10.2. The Hall–Kier alpha value is -3.81. The van der Waals surface area contributed by atoms with Gasteiger partial charge in [-0.1, -0.05) is 35.4 Å². The molecule has 0 saturated heterocycles. The Morgan fingerprint density at radius 1 is 1.04 bits per heavy atom. The summed E-state index contributed by atoms with van der Waals surface area (Å²) in [6.07, 6.45) is 0. The number of nitrogens with zero attached hydrogens (tertiary/aromatic N) is 2. The SMILES string of the molecule is CCOc1cccc2cc(-c3nnc(NC(=O)COc4ccccc4)o3)oc12. The second kappa shape index (κ2) is 7.83. The van der Waals surface area contributed by atoms with Gasteiger partial charge < -0.3 is 18.3 Å². The van der Waals surface area contributed by atoms with Gasteiger partial charge in [-0.25, -0.2) is 0 Å². The van der Waals surface area contributed by atoms with E-state index in [2.05, 4.69) is 15.5 Å². The maximum atomic E-state index is 12.0. The first-order valence-corrected chi connectivity index (χ1v) is 8.70. The zero-order valence-corrected chi connectivity index (χ0v) is 15.0. The fourth-order valence-corrected chi connectivity index (χ4v) is 2.61. The third-order valence-electron chi connectivity index (χ3n) is 3.80. The summed E-state index contributed by atoms with van der Waals surface area (Å²) in [5.74, 6) is 1.35. The molecule has 1 amide bonds. The summed E-state index contributed by atoms with van der Waals surface area (Å²) < 4.78 is 22.2. The highest BCUT2D eigenvalue weighted by atomic mass is 16.5. The first-order valence-electron chi connectivity index (χ1n) is 8.70. The van der Waals surface area contributed by atoms with E-state index in [9.17, 15) is 4.79 Å². The van der Waals surface area contributed by atoms with Gasteiger partial charge in [-0.05, 0) is 31.2 Å². The van der Waals surface area contributed by atoms with Crippen LogP contribution in [-0.4, -0.2) is 29.3 Å². The molecule has 0 radical (unpaired) electrons. The van der Waals surface area contributed by atoms with Crippen LogP contribution in [0.4, 0.5) is 6.01 Å². The molecule has 4 rings (SSSR count). The molecule has 142 valence electrons. The van der Waals surface area contributed by atoms with E-state index in [4.69, 9.17) is 18.3 Å². The number of aromatic nitrogens is 2. The molecule has 0 aliphatic rings. The minimum absolute atomic E-state index is 0.0397. The molecule has 0 fully saturated rings. The van der Waals surface area contributed by atoms with Crippen LogP contribution in [0.2, 0.25) is 0 Å². The Kier molecular flexibility index (Phi) is 4.92. The molecule has 0 aliphatic heterocycles. The molecule has 0 saturated carbocycles. The topological polar surface area (TPSA) is 99.6 Å². The van der Waals surface area contributed by atoms with Gasteiger partial charge in [-0.3, -0.25) is 10.1 Å². The van der Waals surface area contributed by atoms with Crippen LogP contribution in [0, 0.1) is 0 Å². The van der Waals surface area contributed by atoms with E-state index in [1.165, 1.54) is 0 Å². The summed E-state index contributed by atoms with van der Waals surface area (Å²) in [4.78, 5) is 12.0. The quantitative estimate of drug-likeness (QED) is 0.520. The van der Waals surface area contributed by atoms with Gasteiger partial charge in [0, 0.05) is 5.39 Å². The van der Waals surface area contributed by atoms with Crippen LogP contribution in [-0.2, 0) is 4.79 Å². The van der Waals surface area contributed by atoms with Gasteiger partial charge in [0.2, 0.25) is 0 Å². The van der Waals surface area contributed by atoms with Crippen molar-refractivity contribution >= 4 is 22.9 Å². The van der Waals surface area contributed by atoms with Crippen LogP contribution in [0.25, 0.3) is 22.6 Å². The monoisotopic (exact) mass is 379 g/mol. The number of carbonyl (C=O) groups is 1. The van der Waals surface area contributed by atoms with Crippen molar-refractivity contribution < 1.29 is 23.1 Å². The largest absolute Gasteiger partial charge is 0.490 e. The third-order valence-corrected chi connectivity index (χ3v) is 3.80. The summed E-state index contributed by atoms with van der Waals surface area (Å²) in [6.45, 7) is 2.25. The van der Waals surface area contributed by atoms with Crippen molar-refractivity contribution in [2.45, 2.75) is 6.92 Å². The highest BCUT2D eigenvalue weighted by Gasteiger charge is 2.17. The standard InChI is InChI=1S/C20H17N3O5/c1-2-25-15-10-6-7-13-11-16(27-18(13)15)19-22-23-20(28-19)21-17(24)12-26-14-8-4-3-5-9-14/h3-11H,2,12H2,1H3,(H,21,23,24). The van der Waals surface area contributed by atoms with Gasteiger partial charge in [0.05, 0.1) is 6.61 Å². The first-order chi connectivity index (χ1) is 13.7. The maximum absolute atomic E-state index is 12.0. The van der Waals surface area contributed by atoms with Crippen LogP contribution in [0.3, 0.4) is 0 Å². The number of carbonyl (C=O) groups excluding carboxylic acids is 1. The highest BCUT2D eigenvalue weighted by molar-refractivity contribution is 5.90. The number of nitrogens with one attached hydrogen (secondary N) is 1. The van der Waals surface area contributed by atoms with Crippen molar-refractivity contribution in [3.63, 3.8) is 0 Å². The second-order valence-corrected chi connectivity index (χ2v) is 5.78. The summed E-state index contributed by atoms with van der Waals surface area (Å²) in [5.41, 5.74) is 0.597. The van der Waals surface area contributed by atoms with Crippen molar-refractivity contribution in [3.8, 4) is 23.1 Å². The Bertz CT molecular complexity index is 1090. The molecule has 4 aromatic rings. The van der Waals surface area contributed by atoms with Gasteiger partial charge in [0.25, 0.3) is 11.8 Å². The van der Waals surface area contributed by atoms with E-state index in [1.54, 1.807) is 18.2 Å². The smallest absolute Gasteiger partial charge is 0.322 e. The molecule has 0 unspecified atom stereocenters. The molecule has 0 aliphatic carbocycles. The molecule has 0 bridgehead atoms. The van der Waals surface area contributed by atoms with E-state index in [0.717, 1.165) is 5.39 Å². The molecule has 0 spiro atoms. The fourth-order valence-electron chi connectivity index (χ4n) is 2.61. The minimum Gasteiger partial charge on any atom is -0.490 e. The number of para-hydroxylation sites is 2. The second-order valence-electron chi connectivity index (χ2n) is 5.78. The highest BCUT2D eigenvalue weighted by Crippen LogP contribution is 2.33. The average Bonchev–Trinajstić information content (AvgIpc) is 3.35. The van der Waals surface area contributed by atoms with Crippen LogP contribution in [0.5, 0.6) is 11.5 Å². The van der Waals surface area contributed by atoms with Gasteiger partial charge in [0.15, 0.2) is 23.7 Å². The Morgan fingerprint density at radius 3 is 2.71 bits per heavy atom. The number of fused-ring (bicyclic) bond motifs is 1. The molecular formula is C20H17N3O5. The fraction of sp³-hybridized carbons (Fsp3) is 0.150. The molecule has 2 aromatic heterocycles. The summed E-state index contributed by atoms with van der Waals surface area (Å²) in [5, 5.41) is 11.1. The molecule has 1 N–H and O–H groups in total. The lowest BCUT2D eigenvalue weighted by Gasteiger charge is -2.04. The average molecular weight is 379 g/mol. The normalized spacial score (nSPS) is 10.8. The number of benzene rings is 2. The van der Waals surface area contributed by atoms with Crippen LogP contribution in [0.15, 0.2) is 63.4 Å². The van der Waals surface area contributed by atoms with E-state index in [1.807, 2.05) is 43.3 Å². The van der Waals surface area contributed by atoms with Crippen molar-refractivity contribution in [1.29, 1.82) is 0 Å². The van der Waals surface area contributed by atoms with E-state index >= 15 is 0 Å². The van der Waals surface area contributed by atoms with E-state index < -0.39 is 5.91 Å². The van der Waals surface area contributed by atoms with E-state index in [-0.39, 0.29) is 18.5 Å². The third kappa shape index (κ3) is 3.80. The van der Waals surface area contributed by atoms with E-state index in [0.29, 0.717) is 29.4 Å². The predicted octanol–water partition coefficient (Wildman–Crippen LogP) is 3.90. The number of amides is 1. The number of rotatable bonds is 7. The molecular weight excluding hydrogens is 362 g/mol. The zero-order valence-electron chi connectivity index (χ0n) is 15.0. The Morgan fingerprint density at radius 2 is 1.89 bits per heavy atom. The maximum Gasteiger partial charge on any atom is 0.322 e. The number of hydrogen-bond donors (Lipinski definition) is 1. The van der Waals surface area contributed by atoms with Crippen molar-refractivity contribution in [2.75, 3.05) is 18.5 Å². The lowest BCUT2D eigenvalue weighted by molar-refractivity contribution is -0.118. The van der Waals surface area contributed by atoms with Crippen molar-refractivity contribution in [1.82, 2.24) is 10.2 Å². The van der Waals surface area contributed by atoms with Gasteiger partial charge >= 0.3 is 6.01 Å². The zero-order chi connectivity index (χ0) is 19.3. The summed E-state index contributed by atoms with van der Waals surface area (Å²) in [6, 6.07) is 16.4. The molecule has 28 heavy (non-hydrogen) atoms. The number of ether oxygens (including phenoxy) is 2. The Balaban J connectivity index is 1.45. The van der Waals surface area contributed by atoms with Crippen LogP contribution in [0.1, 0.15) is 6.92 Å². The number of hydrogen-bond acceptors (Lipinski definition) is 7.